The van der Waals surface area contributed by atoms with Gasteiger partial charge in [-0.05, 0) is 94.7 Å². The molecule has 318 valence electrons. The Labute approximate surface area is 342 Å². The number of hydrogen-bond donors (Lipinski definition) is 3. The van der Waals surface area contributed by atoms with Gasteiger partial charge < -0.3 is 24.8 Å². The van der Waals surface area contributed by atoms with E-state index in [0.29, 0.717) is 53.5 Å². The number of fused-ring (bicyclic) bond motifs is 3. The number of amides is 4. The first-order chi connectivity index (χ1) is 27.2. The van der Waals surface area contributed by atoms with Crippen molar-refractivity contribution in [3.8, 4) is 11.6 Å². The van der Waals surface area contributed by atoms with E-state index in [1.165, 1.54) is 20.2 Å². The number of carbonyl (C=O) groups excluding carboxylic acids is 3. The minimum Gasteiger partial charge on any atom is -0.495 e. The highest BCUT2D eigenvalue weighted by Gasteiger charge is 2.63. The number of allylic oxidation sites excluding steroid dienone is 1. The number of ether oxygens (including phenoxy) is 2. The van der Waals surface area contributed by atoms with E-state index < -0.39 is 86.1 Å². The van der Waals surface area contributed by atoms with Crippen LogP contribution in [-0.2, 0) is 24.4 Å². The second-order valence-corrected chi connectivity index (χ2v) is 19.6. The predicted octanol–water partition coefficient (Wildman–Crippen LogP) is 5.91. The monoisotopic (exact) mass is 851 g/mol. The molecule has 0 spiro atoms. The van der Waals surface area contributed by atoms with Gasteiger partial charge >= 0.3 is 6.09 Å². The summed E-state index contributed by atoms with van der Waals surface area (Å²) in [4.78, 5) is 62.9. The van der Waals surface area contributed by atoms with Crippen LogP contribution in [-0.4, -0.2) is 106 Å². The van der Waals surface area contributed by atoms with Crippen LogP contribution in [0.15, 0.2) is 36.5 Å². The van der Waals surface area contributed by atoms with Gasteiger partial charge in [-0.15, -0.1) is 0 Å². The zero-order valence-electron chi connectivity index (χ0n) is 33.5. The summed E-state index contributed by atoms with van der Waals surface area (Å²) in [6.45, 7) is 7.08. The number of rotatable bonds is 10. The van der Waals surface area contributed by atoms with Crippen LogP contribution < -0.4 is 19.5 Å². The molecule has 0 radical (unpaired) electrons. The topological polar surface area (TPSA) is 185 Å². The number of carboxylic acid groups (broad SMARTS) is 1. The molecule has 18 heteroatoms. The fourth-order valence-electron chi connectivity index (χ4n) is 8.31. The molecule has 58 heavy (non-hydrogen) atoms. The Hall–Kier alpha value is -4.25. The summed E-state index contributed by atoms with van der Waals surface area (Å²) in [5, 5.41) is 14.8. The Morgan fingerprint density at radius 1 is 1.22 bits per heavy atom. The van der Waals surface area contributed by atoms with Gasteiger partial charge in [-0.2, -0.15) is 0 Å². The molecule has 4 aliphatic rings. The van der Waals surface area contributed by atoms with E-state index in [4.69, 9.17) is 21.1 Å². The Bertz CT molecular complexity index is 2100. The Balaban J connectivity index is 1.43. The molecular weight excluding hydrogens is 800 g/mol. The first-order valence-corrected chi connectivity index (χ1v) is 21.5. The summed E-state index contributed by atoms with van der Waals surface area (Å²) < 4.78 is 68.8. The summed E-state index contributed by atoms with van der Waals surface area (Å²) >= 11 is 6.45. The van der Waals surface area contributed by atoms with Crippen molar-refractivity contribution in [1.29, 1.82) is 0 Å². The van der Waals surface area contributed by atoms with Crippen LogP contribution >= 0.6 is 11.6 Å². The Kier molecular flexibility index (Phi) is 12.0. The molecule has 2 saturated carbocycles. The molecule has 3 heterocycles. The number of carbonyl (C=O) groups is 4. The SMILES string of the molecule is CC[C@@H]1C[C@@H](C)CCC=C[C@@H]2C[C@@]2(C(=O)NS(=O)(=O)C2(C)CC2)NC(=O)[C@@H]2C[C@@H](Oc3nccc4cc(OC)c(Cl)cc34)CN2C(=O)[C@H]1N(C(=O)O)C(C)(C)C(F)F. The molecule has 2 aromatic rings. The third-order valence-electron chi connectivity index (χ3n) is 12.5. The van der Waals surface area contributed by atoms with Crippen molar-refractivity contribution >= 4 is 56.2 Å². The van der Waals surface area contributed by atoms with E-state index >= 15 is 4.79 Å². The number of benzene rings is 1. The van der Waals surface area contributed by atoms with Gasteiger partial charge in [-0.1, -0.05) is 44.0 Å². The maximum absolute atomic E-state index is 15.2. The fraction of sp³-hybridized carbons (Fsp3) is 0.625. The molecule has 14 nitrogen and oxygen atoms in total. The molecule has 3 fully saturated rings. The van der Waals surface area contributed by atoms with Gasteiger partial charge in [0.2, 0.25) is 27.7 Å². The fourth-order valence-corrected chi connectivity index (χ4v) is 9.87. The van der Waals surface area contributed by atoms with E-state index in [1.807, 2.05) is 13.0 Å². The Morgan fingerprint density at radius 3 is 2.55 bits per heavy atom. The van der Waals surface area contributed by atoms with E-state index in [0.717, 1.165) is 18.7 Å². The number of halogens is 3. The summed E-state index contributed by atoms with van der Waals surface area (Å²) in [5.41, 5.74) is -3.99. The second-order valence-electron chi connectivity index (χ2n) is 17.0. The lowest BCUT2D eigenvalue weighted by Gasteiger charge is -2.45. The standard InChI is InChI=1S/C40H52ClF2N5O9S/c1-7-23-16-22(2)10-8-9-11-25-20-40(25,36(51)46-58(54,55)39(5)13-14-39)45-32(49)29-18-26(57-33-27-19-28(41)30(56-6)17-24(27)12-15-44-33)21-47(29)34(50)31(23)48(37(52)53)38(3,4)35(42)43/h9,11-12,15,17,19,22-23,25-26,29,31,35H,7-8,10,13-14,16,18,20-21H2,1-6H3,(H,45,49)(H,46,51)(H,52,53)/t22-,23+,25+,26+,29-,31-,40+/m0/s1. The largest absolute Gasteiger partial charge is 0.495 e. The van der Waals surface area contributed by atoms with Crippen LogP contribution in [0.3, 0.4) is 0 Å². The smallest absolute Gasteiger partial charge is 0.408 e. The highest BCUT2D eigenvalue weighted by Crippen LogP contribution is 2.48. The van der Waals surface area contributed by atoms with Crippen LogP contribution in [0.5, 0.6) is 11.6 Å². The van der Waals surface area contributed by atoms with Gasteiger partial charge in [0.25, 0.3) is 12.3 Å². The van der Waals surface area contributed by atoms with Gasteiger partial charge in [0.1, 0.15) is 35.0 Å². The molecular formula is C40H52ClF2N5O9S. The lowest BCUT2D eigenvalue weighted by molar-refractivity contribution is -0.149. The van der Waals surface area contributed by atoms with Gasteiger partial charge in [-0.3, -0.25) is 24.0 Å². The van der Waals surface area contributed by atoms with Crippen molar-refractivity contribution in [2.24, 2.45) is 17.8 Å². The van der Waals surface area contributed by atoms with Crippen molar-refractivity contribution in [2.45, 2.75) is 126 Å². The molecule has 1 aromatic heterocycles. The minimum atomic E-state index is -4.09. The normalized spacial score (nSPS) is 28.8. The number of alkyl halides is 2. The first kappa shape index (κ1) is 43.3. The van der Waals surface area contributed by atoms with Crippen LogP contribution in [0, 0.1) is 17.8 Å². The lowest BCUT2D eigenvalue weighted by atomic mass is 9.82. The quantitative estimate of drug-likeness (QED) is 0.243. The molecule has 0 bridgehead atoms. The molecule has 2 aliphatic heterocycles. The average molecular weight is 852 g/mol. The summed E-state index contributed by atoms with van der Waals surface area (Å²) in [6.07, 6.45) is 1.64. The molecule has 4 amide bonds. The van der Waals surface area contributed by atoms with E-state index in [2.05, 4.69) is 15.0 Å². The van der Waals surface area contributed by atoms with Crippen molar-refractivity contribution in [2.75, 3.05) is 13.7 Å². The number of sulfonamides is 1. The van der Waals surface area contributed by atoms with Crippen molar-refractivity contribution < 1.29 is 51.0 Å². The van der Waals surface area contributed by atoms with Gasteiger partial charge in [0, 0.05) is 23.9 Å². The zero-order chi connectivity index (χ0) is 42.5. The lowest BCUT2D eigenvalue weighted by Crippen LogP contribution is -2.65. The number of nitrogens with one attached hydrogen (secondary N) is 2. The first-order valence-electron chi connectivity index (χ1n) is 19.6. The molecule has 1 saturated heterocycles. The van der Waals surface area contributed by atoms with Gasteiger partial charge in [0.15, 0.2) is 0 Å². The van der Waals surface area contributed by atoms with Gasteiger partial charge in [-0.25, -0.2) is 27.0 Å². The maximum atomic E-state index is 15.2. The van der Waals surface area contributed by atoms with Crippen LogP contribution in [0.2, 0.25) is 5.02 Å². The molecule has 6 rings (SSSR count). The average Bonchev–Trinajstić information content (AvgIpc) is 4.04. The third kappa shape index (κ3) is 8.17. The highest BCUT2D eigenvalue weighted by molar-refractivity contribution is 7.91. The molecule has 7 atom stereocenters. The molecule has 0 unspecified atom stereocenters. The van der Waals surface area contributed by atoms with Crippen LogP contribution in [0.4, 0.5) is 13.6 Å². The number of aromatic nitrogens is 1. The number of nitrogens with zero attached hydrogens (tertiary/aromatic N) is 3. The molecule has 3 N–H and O–H groups in total. The van der Waals surface area contributed by atoms with E-state index in [1.54, 1.807) is 31.2 Å². The predicted molar refractivity (Wildman–Crippen MR) is 211 cm³/mol. The van der Waals surface area contributed by atoms with Crippen LogP contribution in [0.1, 0.15) is 86.0 Å². The molecule has 1 aromatic carbocycles. The van der Waals surface area contributed by atoms with Crippen molar-refractivity contribution in [3.63, 3.8) is 0 Å². The number of hydrogen-bond acceptors (Lipinski definition) is 9. The second kappa shape index (κ2) is 16.1. The third-order valence-corrected chi connectivity index (χ3v) is 14.9. The summed E-state index contributed by atoms with van der Waals surface area (Å²) in [7, 11) is -2.62. The minimum absolute atomic E-state index is 0.0868. The number of methoxy groups -OCH3 is 1. The van der Waals surface area contributed by atoms with Crippen molar-refractivity contribution in [1.82, 2.24) is 24.8 Å². The summed E-state index contributed by atoms with van der Waals surface area (Å²) in [6, 6.07) is 1.98. The van der Waals surface area contributed by atoms with E-state index in [-0.39, 0.29) is 42.6 Å². The maximum Gasteiger partial charge on any atom is 0.408 e. The van der Waals surface area contributed by atoms with E-state index in [9.17, 15) is 36.7 Å². The van der Waals surface area contributed by atoms with Crippen molar-refractivity contribution in [3.05, 3.63) is 41.6 Å². The summed E-state index contributed by atoms with van der Waals surface area (Å²) in [5.74, 6) is -3.46. The Morgan fingerprint density at radius 2 is 1.93 bits per heavy atom. The number of pyridine rings is 1. The van der Waals surface area contributed by atoms with Crippen LogP contribution in [0.25, 0.3) is 10.8 Å². The zero-order valence-corrected chi connectivity index (χ0v) is 35.0. The highest BCUT2D eigenvalue weighted by atomic mass is 35.5. The van der Waals surface area contributed by atoms with Gasteiger partial charge in [0.05, 0.1) is 23.4 Å². The molecule has 2 aliphatic carbocycles.